The molecule has 0 saturated carbocycles. The van der Waals surface area contributed by atoms with E-state index in [4.69, 9.17) is 10.6 Å². The molecule has 0 spiro atoms. The van der Waals surface area contributed by atoms with E-state index < -0.39 is 17.7 Å². The number of ether oxygens (including phenoxy) is 1. The smallest absolute Gasteiger partial charge is 0.126 e. The van der Waals surface area contributed by atoms with E-state index in [0.717, 1.165) is 11.6 Å². The minimum absolute atomic E-state index is 0.0196. The lowest BCUT2D eigenvalue weighted by molar-refractivity contribution is 0.238. The fourth-order valence-corrected chi connectivity index (χ4v) is 2.19. The van der Waals surface area contributed by atoms with Crippen molar-refractivity contribution in [3.63, 3.8) is 0 Å². The predicted molar refractivity (Wildman–Crippen MR) is 77.7 cm³/mol. The molecule has 0 aromatic heterocycles. The number of hydrogen-bond acceptors (Lipinski definition) is 3. The van der Waals surface area contributed by atoms with Crippen LogP contribution >= 0.6 is 0 Å². The maximum Gasteiger partial charge on any atom is 0.126 e. The first kappa shape index (κ1) is 15.4. The van der Waals surface area contributed by atoms with Crippen molar-refractivity contribution in [2.24, 2.45) is 5.84 Å². The molecule has 0 heterocycles. The maximum absolute atomic E-state index is 13.4. The number of halogens is 2. The van der Waals surface area contributed by atoms with E-state index in [0.29, 0.717) is 11.3 Å². The molecule has 1 atom stereocenters. The number of hydrogen-bond donors (Lipinski definition) is 2. The second-order valence-corrected chi connectivity index (χ2v) is 5.01. The highest BCUT2D eigenvalue weighted by Gasteiger charge is 2.19. The molecule has 0 aliphatic rings. The van der Waals surface area contributed by atoms with Crippen LogP contribution in [-0.4, -0.2) is 6.10 Å². The summed E-state index contributed by atoms with van der Waals surface area (Å²) >= 11 is 0. The molecule has 3 N–H and O–H groups in total. The Morgan fingerprint density at radius 3 is 2.24 bits per heavy atom. The highest BCUT2D eigenvalue weighted by Crippen LogP contribution is 2.30. The molecule has 2 aromatic rings. The lowest BCUT2D eigenvalue weighted by atomic mass is 9.98. The number of nitrogens with one attached hydrogen (secondary N) is 1. The van der Waals surface area contributed by atoms with Crippen molar-refractivity contribution >= 4 is 0 Å². The van der Waals surface area contributed by atoms with Crippen molar-refractivity contribution in [1.29, 1.82) is 0 Å². The normalized spacial score (nSPS) is 12.5. The molecule has 0 amide bonds. The summed E-state index contributed by atoms with van der Waals surface area (Å²) in [5.74, 6) is 4.92. The summed E-state index contributed by atoms with van der Waals surface area (Å²) in [6, 6.07) is 10.0. The van der Waals surface area contributed by atoms with Crippen molar-refractivity contribution in [2.45, 2.75) is 26.0 Å². The lowest BCUT2D eigenvalue weighted by Crippen LogP contribution is -2.29. The van der Waals surface area contributed by atoms with Gasteiger partial charge in [0.05, 0.1) is 12.1 Å². The molecule has 2 aromatic carbocycles. The molecular formula is C16H18F2N2O. The first-order valence-corrected chi connectivity index (χ1v) is 6.69. The standard InChI is InChI=1S/C16H18F2N2O/c1-10(2)21-15-6-4-3-5-14(15)16(20-19)11-7-12(17)9-13(18)8-11/h3-10,16,20H,19H2,1-2H3. The molecule has 2 rings (SSSR count). The number of nitrogens with two attached hydrogens (primary N) is 1. The van der Waals surface area contributed by atoms with Gasteiger partial charge in [0.25, 0.3) is 0 Å². The summed E-state index contributed by atoms with van der Waals surface area (Å²) < 4.78 is 32.5. The molecule has 0 radical (unpaired) electrons. The zero-order valence-electron chi connectivity index (χ0n) is 11.9. The summed E-state index contributed by atoms with van der Waals surface area (Å²) in [4.78, 5) is 0. The Hall–Kier alpha value is -1.98. The zero-order valence-corrected chi connectivity index (χ0v) is 11.9. The van der Waals surface area contributed by atoms with Crippen LogP contribution in [0.25, 0.3) is 0 Å². The number of rotatable bonds is 5. The fraction of sp³-hybridized carbons (Fsp3) is 0.250. The van der Waals surface area contributed by atoms with Gasteiger partial charge in [0.2, 0.25) is 0 Å². The Morgan fingerprint density at radius 1 is 1.05 bits per heavy atom. The second-order valence-electron chi connectivity index (χ2n) is 5.01. The number of benzene rings is 2. The minimum atomic E-state index is -0.646. The summed E-state index contributed by atoms with van der Waals surface area (Å²) in [6.45, 7) is 3.81. The van der Waals surface area contributed by atoms with E-state index in [-0.39, 0.29) is 6.10 Å². The molecule has 3 nitrogen and oxygen atoms in total. The van der Waals surface area contributed by atoms with Gasteiger partial charge in [-0.15, -0.1) is 0 Å². The van der Waals surface area contributed by atoms with Gasteiger partial charge in [-0.1, -0.05) is 18.2 Å². The number of hydrazine groups is 1. The van der Waals surface area contributed by atoms with Crippen LogP contribution in [0, 0.1) is 11.6 Å². The lowest BCUT2D eigenvalue weighted by Gasteiger charge is -2.21. The monoisotopic (exact) mass is 292 g/mol. The average molecular weight is 292 g/mol. The van der Waals surface area contributed by atoms with Gasteiger partial charge in [0, 0.05) is 11.6 Å². The van der Waals surface area contributed by atoms with Crippen molar-refractivity contribution < 1.29 is 13.5 Å². The molecule has 112 valence electrons. The van der Waals surface area contributed by atoms with Crippen molar-refractivity contribution in [3.05, 3.63) is 65.2 Å². The molecule has 0 saturated heterocycles. The Balaban J connectivity index is 2.46. The maximum atomic E-state index is 13.4. The van der Waals surface area contributed by atoms with Gasteiger partial charge < -0.3 is 4.74 Å². The van der Waals surface area contributed by atoms with Gasteiger partial charge >= 0.3 is 0 Å². The third kappa shape index (κ3) is 3.77. The molecule has 1 unspecified atom stereocenters. The summed E-state index contributed by atoms with van der Waals surface area (Å²) in [5, 5.41) is 0. The molecule has 0 aliphatic heterocycles. The average Bonchev–Trinajstić information content (AvgIpc) is 2.40. The van der Waals surface area contributed by atoms with Crippen LogP contribution in [0.2, 0.25) is 0 Å². The van der Waals surface area contributed by atoms with Crippen LogP contribution in [0.15, 0.2) is 42.5 Å². The van der Waals surface area contributed by atoms with Crippen molar-refractivity contribution in [2.75, 3.05) is 0 Å². The van der Waals surface area contributed by atoms with Gasteiger partial charge in [0.1, 0.15) is 17.4 Å². The van der Waals surface area contributed by atoms with Crippen LogP contribution in [-0.2, 0) is 0 Å². The van der Waals surface area contributed by atoms with Crippen molar-refractivity contribution in [1.82, 2.24) is 5.43 Å². The molecule has 0 aliphatic carbocycles. The predicted octanol–water partition coefficient (Wildman–Crippen LogP) is 3.30. The van der Waals surface area contributed by atoms with E-state index in [1.54, 1.807) is 6.07 Å². The SMILES string of the molecule is CC(C)Oc1ccccc1C(NN)c1cc(F)cc(F)c1. The van der Waals surface area contributed by atoms with Gasteiger partial charge in [0.15, 0.2) is 0 Å². The Labute approximate surface area is 122 Å². The fourth-order valence-electron chi connectivity index (χ4n) is 2.19. The minimum Gasteiger partial charge on any atom is -0.491 e. The molecule has 0 fully saturated rings. The van der Waals surface area contributed by atoms with E-state index in [1.165, 1.54) is 12.1 Å². The third-order valence-corrected chi connectivity index (χ3v) is 2.98. The highest BCUT2D eigenvalue weighted by molar-refractivity contribution is 5.41. The molecule has 0 bridgehead atoms. The van der Waals surface area contributed by atoms with Crippen molar-refractivity contribution in [3.8, 4) is 5.75 Å². The number of para-hydroxylation sites is 1. The van der Waals surface area contributed by atoms with Gasteiger partial charge in [-0.05, 0) is 37.6 Å². The van der Waals surface area contributed by atoms with Crippen LogP contribution in [0.4, 0.5) is 8.78 Å². The van der Waals surface area contributed by atoms with Gasteiger partial charge in [-0.3, -0.25) is 5.84 Å². The molecule has 5 heteroatoms. The Kier molecular flexibility index (Phi) is 4.88. The summed E-state index contributed by atoms with van der Waals surface area (Å²) in [6.07, 6.45) is -0.0196. The largest absolute Gasteiger partial charge is 0.491 e. The Morgan fingerprint density at radius 2 is 1.67 bits per heavy atom. The summed E-state index contributed by atoms with van der Waals surface area (Å²) in [5.41, 5.74) is 3.71. The quantitative estimate of drug-likeness (QED) is 0.656. The topological polar surface area (TPSA) is 47.3 Å². The van der Waals surface area contributed by atoms with E-state index >= 15 is 0 Å². The van der Waals surface area contributed by atoms with Crippen LogP contribution in [0.1, 0.15) is 31.0 Å². The highest BCUT2D eigenvalue weighted by atomic mass is 19.1. The molecular weight excluding hydrogens is 274 g/mol. The first-order chi connectivity index (χ1) is 10.0. The zero-order chi connectivity index (χ0) is 15.4. The van der Waals surface area contributed by atoms with E-state index in [2.05, 4.69) is 5.43 Å². The van der Waals surface area contributed by atoms with Gasteiger partial charge in [-0.25, -0.2) is 14.2 Å². The van der Waals surface area contributed by atoms with Crippen LogP contribution < -0.4 is 16.0 Å². The third-order valence-electron chi connectivity index (χ3n) is 2.98. The second kappa shape index (κ2) is 6.65. The van der Waals surface area contributed by atoms with Crippen LogP contribution in [0.3, 0.4) is 0 Å². The Bertz CT molecular complexity index is 597. The van der Waals surface area contributed by atoms with Gasteiger partial charge in [-0.2, -0.15) is 0 Å². The van der Waals surface area contributed by atoms with E-state index in [1.807, 2.05) is 32.0 Å². The van der Waals surface area contributed by atoms with Crippen LogP contribution in [0.5, 0.6) is 5.75 Å². The summed E-state index contributed by atoms with van der Waals surface area (Å²) in [7, 11) is 0. The van der Waals surface area contributed by atoms with E-state index in [9.17, 15) is 8.78 Å². The molecule has 21 heavy (non-hydrogen) atoms. The first-order valence-electron chi connectivity index (χ1n) is 6.69.